The Morgan fingerprint density at radius 1 is 1.33 bits per heavy atom. The molecule has 0 radical (unpaired) electrons. The third kappa shape index (κ3) is 3.24. The van der Waals surface area contributed by atoms with E-state index in [-0.39, 0.29) is 5.92 Å². The van der Waals surface area contributed by atoms with Crippen molar-refractivity contribution in [3.8, 4) is 6.07 Å². The van der Waals surface area contributed by atoms with Crippen LogP contribution in [0, 0.1) is 29.1 Å². The predicted molar refractivity (Wildman–Crippen MR) is 71.9 cm³/mol. The van der Waals surface area contributed by atoms with Gasteiger partial charge in [-0.1, -0.05) is 6.92 Å². The second kappa shape index (κ2) is 6.54. The second-order valence-corrected chi connectivity index (χ2v) is 6.24. The van der Waals surface area contributed by atoms with Gasteiger partial charge in [0.1, 0.15) is 0 Å². The van der Waals surface area contributed by atoms with E-state index in [4.69, 9.17) is 5.11 Å². The quantitative estimate of drug-likeness (QED) is 0.836. The summed E-state index contributed by atoms with van der Waals surface area (Å²) in [5.41, 5.74) is 0. The summed E-state index contributed by atoms with van der Waals surface area (Å²) in [7, 11) is 0. The van der Waals surface area contributed by atoms with Crippen molar-refractivity contribution in [2.75, 3.05) is 19.7 Å². The highest BCUT2D eigenvalue weighted by atomic mass is 16.3. The number of rotatable bonds is 3. The largest absolute Gasteiger partial charge is 0.396 e. The van der Waals surface area contributed by atoms with E-state index in [1.165, 1.54) is 25.7 Å². The van der Waals surface area contributed by atoms with Crippen molar-refractivity contribution in [3.63, 3.8) is 0 Å². The summed E-state index contributed by atoms with van der Waals surface area (Å²) < 4.78 is 0. The van der Waals surface area contributed by atoms with Gasteiger partial charge in [-0.25, -0.2) is 0 Å². The SMILES string of the molecule is CC1CCC(C#N)C(N2CCCC(CCO)C2)C1. The number of aliphatic hydroxyl groups is 1. The van der Waals surface area contributed by atoms with Crippen LogP contribution in [-0.2, 0) is 0 Å². The number of nitriles is 1. The average molecular weight is 250 g/mol. The van der Waals surface area contributed by atoms with Gasteiger partial charge in [0.2, 0.25) is 0 Å². The van der Waals surface area contributed by atoms with Crippen LogP contribution in [0.2, 0.25) is 0 Å². The Bertz CT molecular complexity index is 297. The molecule has 1 aliphatic heterocycles. The van der Waals surface area contributed by atoms with Crippen molar-refractivity contribution < 1.29 is 5.11 Å². The molecule has 0 aromatic rings. The molecule has 1 heterocycles. The normalized spacial score (nSPS) is 38.3. The van der Waals surface area contributed by atoms with Crippen LogP contribution in [0.5, 0.6) is 0 Å². The van der Waals surface area contributed by atoms with Crippen LogP contribution in [-0.4, -0.2) is 35.7 Å². The maximum atomic E-state index is 9.33. The maximum Gasteiger partial charge on any atom is 0.0672 e. The third-order valence-electron chi connectivity index (χ3n) is 4.80. The number of aliphatic hydroxyl groups excluding tert-OH is 1. The third-order valence-corrected chi connectivity index (χ3v) is 4.80. The maximum absolute atomic E-state index is 9.33. The molecule has 1 saturated carbocycles. The number of nitrogens with zero attached hydrogens (tertiary/aromatic N) is 2. The first-order valence-electron chi connectivity index (χ1n) is 7.49. The Morgan fingerprint density at radius 3 is 2.89 bits per heavy atom. The fraction of sp³-hybridized carbons (Fsp3) is 0.933. The second-order valence-electron chi connectivity index (χ2n) is 6.24. The molecule has 1 aliphatic carbocycles. The molecule has 0 amide bonds. The highest BCUT2D eigenvalue weighted by molar-refractivity contribution is 4.98. The number of piperidine rings is 1. The molecule has 1 saturated heterocycles. The lowest BCUT2D eigenvalue weighted by Crippen LogP contribution is -2.48. The molecule has 2 fully saturated rings. The first-order chi connectivity index (χ1) is 8.74. The van der Waals surface area contributed by atoms with E-state index < -0.39 is 0 Å². The minimum Gasteiger partial charge on any atom is -0.396 e. The molecular weight excluding hydrogens is 224 g/mol. The van der Waals surface area contributed by atoms with Crippen molar-refractivity contribution in [1.82, 2.24) is 4.90 Å². The van der Waals surface area contributed by atoms with Gasteiger partial charge in [0.25, 0.3) is 0 Å². The first kappa shape index (κ1) is 13.8. The van der Waals surface area contributed by atoms with Crippen molar-refractivity contribution in [2.45, 2.75) is 51.5 Å². The fourth-order valence-corrected chi connectivity index (χ4v) is 3.72. The Kier molecular flexibility index (Phi) is 5.03. The number of hydrogen-bond acceptors (Lipinski definition) is 3. The van der Waals surface area contributed by atoms with Gasteiger partial charge in [-0.15, -0.1) is 0 Å². The zero-order valence-corrected chi connectivity index (χ0v) is 11.5. The minimum atomic E-state index is 0.231. The summed E-state index contributed by atoms with van der Waals surface area (Å²) in [6.07, 6.45) is 6.87. The summed E-state index contributed by atoms with van der Waals surface area (Å²) in [6.45, 7) is 4.87. The van der Waals surface area contributed by atoms with Crippen LogP contribution < -0.4 is 0 Å². The first-order valence-corrected chi connectivity index (χ1v) is 7.49. The monoisotopic (exact) mass is 250 g/mol. The van der Waals surface area contributed by atoms with Crippen LogP contribution >= 0.6 is 0 Å². The van der Waals surface area contributed by atoms with Crippen molar-refractivity contribution in [1.29, 1.82) is 5.26 Å². The average Bonchev–Trinajstić information content (AvgIpc) is 2.39. The van der Waals surface area contributed by atoms with Crippen LogP contribution in [0.25, 0.3) is 0 Å². The summed E-state index contributed by atoms with van der Waals surface area (Å²) in [6, 6.07) is 3.00. The van der Waals surface area contributed by atoms with E-state index in [9.17, 15) is 5.26 Å². The smallest absolute Gasteiger partial charge is 0.0672 e. The zero-order valence-electron chi connectivity index (χ0n) is 11.5. The molecule has 4 atom stereocenters. The van der Waals surface area contributed by atoms with Gasteiger partial charge in [0, 0.05) is 19.2 Å². The predicted octanol–water partition coefficient (Wildman–Crippen LogP) is 2.41. The molecule has 0 aromatic heterocycles. The summed E-state index contributed by atoms with van der Waals surface area (Å²) in [4.78, 5) is 2.55. The molecule has 0 aromatic carbocycles. The molecule has 1 N–H and O–H groups in total. The van der Waals surface area contributed by atoms with Gasteiger partial charge in [-0.05, 0) is 56.9 Å². The van der Waals surface area contributed by atoms with Crippen LogP contribution in [0.15, 0.2) is 0 Å². The highest BCUT2D eigenvalue weighted by Crippen LogP contribution is 2.34. The topological polar surface area (TPSA) is 47.3 Å². The molecule has 3 heteroatoms. The lowest BCUT2D eigenvalue weighted by molar-refractivity contribution is 0.0570. The van der Waals surface area contributed by atoms with Crippen LogP contribution in [0.4, 0.5) is 0 Å². The van der Waals surface area contributed by atoms with Gasteiger partial charge in [0.05, 0.1) is 12.0 Å². The molecule has 3 nitrogen and oxygen atoms in total. The highest BCUT2D eigenvalue weighted by Gasteiger charge is 2.35. The van der Waals surface area contributed by atoms with Crippen molar-refractivity contribution in [3.05, 3.63) is 0 Å². The molecule has 4 unspecified atom stereocenters. The Morgan fingerprint density at radius 2 is 2.17 bits per heavy atom. The lowest BCUT2D eigenvalue weighted by atomic mass is 9.78. The van der Waals surface area contributed by atoms with E-state index in [1.54, 1.807) is 0 Å². The van der Waals surface area contributed by atoms with E-state index in [2.05, 4.69) is 17.9 Å². The van der Waals surface area contributed by atoms with E-state index in [0.29, 0.717) is 18.6 Å². The Balaban J connectivity index is 1.97. The van der Waals surface area contributed by atoms with Crippen LogP contribution in [0.3, 0.4) is 0 Å². The van der Waals surface area contributed by atoms with Crippen molar-refractivity contribution >= 4 is 0 Å². The lowest BCUT2D eigenvalue weighted by Gasteiger charge is -2.43. The molecule has 102 valence electrons. The fourth-order valence-electron chi connectivity index (χ4n) is 3.72. The van der Waals surface area contributed by atoms with E-state index in [0.717, 1.165) is 31.8 Å². The van der Waals surface area contributed by atoms with Gasteiger partial charge < -0.3 is 5.11 Å². The van der Waals surface area contributed by atoms with Crippen LogP contribution in [0.1, 0.15) is 45.4 Å². The molecule has 2 rings (SSSR count). The van der Waals surface area contributed by atoms with Gasteiger partial charge in [-0.3, -0.25) is 4.90 Å². The number of likely N-dealkylation sites (tertiary alicyclic amines) is 1. The van der Waals surface area contributed by atoms with Crippen molar-refractivity contribution in [2.24, 2.45) is 17.8 Å². The molecule has 0 spiro atoms. The minimum absolute atomic E-state index is 0.231. The van der Waals surface area contributed by atoms with Gasteiger partial charge >= 0.3 is 0 Å². The molecule has 2 aliphatic rings. The van der Waals surface area contributed by atoms with E-state index in [1.807, 2.05) is 0 Å². The zero-order chi connectivity index (χ0) is 13.0. The van der Waals surface area contributed by atoms with Gasteiger partial charge in [0.15, 0.2) is 0 Å². The Hall–Kier alpha value is -0.590. The van der Waals surface area contributed by atoms with E-state index >= 15 is 0 Å². The Labute approximate surface area is 111 Å². The van der Waals surface area contributed by atoms with Gasteiger partial charge in [-0.2, -0.15) is 5.26 Å². The molecular formula is C15H26N2O. The summed E-state index contributed by atoms with van der Waals surface area (Å²) in [5.74, 6) is 1.63. The molecule has 18 heavy (non-hydrogen) atoms. The summed E-state index contributed by atoms with van der Waals surface area (Å²) >= 11 is 0. The molecule has 0 bridgehead atoms. The standard InChI is InChI=1S/C15H26N2O/c1-12-4-5-14(10-16)15(9-12)17-7-2-3-13(11-17)6-8-18/h12-15,18H,2-9,11H2,1H3. The number of hydrogen-bond donors (Lipinski definition) is 1. The summed E-state index contributed by atoms with van der Waals surface area (Å²) in [5, 5.41) is 18.4.